The van der Waals surface area contributed by atoms with Crippen LogP contribution in [0, 0.1) is 20.8 Å². The number of allylic oxidation sites excluding steroid dienone is 1. The molecule has 0 aromatic carbocycles. The van der Waals surface area contributed by atoms with E-state index in [-0.39, 0.29) is 17.4 Å². The van der Waals surface area contributed by atoms with Crippen molar-refractivity contribution in [2.45, 2.75) is 52.3 Å². The number of morpholine rings is 1. The van der Waals surface area contributed by atoms with E-state index < -0.39 is 11.7 Å². The summed E-state index contributed by atoms with van der Waals surface area (Å²) in [6.45, 7) is 8.51. The summed E-state index contributed by atoms with van der Waals surface area (Å²) in [6, 6.07) is 4.66. The largest absolute Gasteiger partial charge is 0.418 e. The second kappa shape index (κ2) is 10.9. The first-order valence-corrected chi connectivity index (χ1v) is 13.0. The number of nitrogens with zero attached hydrogens (tertiary/aromatic N) is 5. The van der Waals surface area contributed by atoms with Crippen molar-refractivity contribution in [3.8, 4) is 5.82 Å². The Kier molecular flexibility index (Phi) is 7.55. The van der Waals surface area contributed by atoms with E-state index >= 15 is 0 Å². The van der Waals surface area contributed by atoms with Crippen LogP contribution in [0.2, 0.25) is 0 Å². The number of anilines is 1. The summed E-state index contributed by atoms with van der Waals surface area (Å²) < 4.78 is 46.1. The normalized spacial score (nSPS) is 18.6. The van der Waals surface area contributed by atoms with Gasteiger partial charge in [-0.3, -0.25) is 14.7 Å². The van der Waals surface area contributed by atoms with Crippen LogP contribution in [0.15, 0.2) is 36.7 Å². The maximum atomic E-state index is 13.1. The molecule has 5 rings (SSSR count). The molecule has 1 aliphatic heterocycles. The van der Waals surface area contributed by atoms with Gasteiger partial charge in [0.2, 0.25) is 0 Å². The summed E-state index contributed by atoms with van der Waals surface area (Å²) in [5.41, 5.74) is 3.49. The molecule has 3 aromatic heterocycles. The molecule has 4 heterocycles. The van der Waals surface area contributed by atoms with Gasteiger partial charge in [0.05, 0.1) is 59.5 Å². The minimum atomic E-state index is -4.49. The van der Waals surface area contributed by atoms with Gasteiger partial charge < -0.3 is 10.1 Å². The number of pyridine rings is 2. The number of carbonyl (C=O) groups excluding carboxylic acids is 1. The van der Waals surface area contributed by atoms with Crippen molar-refractivity contribution in [2.24, 2.45) is 0 Å². The van der Waals surface area contributed by atoms with Gasteiger partial charge in [-0.25, -0.2) is 9.67 Å². The van der Waals surface area contributed by atoms with E-state index in [0.717, 1.165) is 62.9 Å². The highest BCUT2D eigenvalue weighted by atomic mass is 19.4. The smallest absolute Gasteiger partial charge is 0.379 e. The van der Waals surface area contributed by atoms with Gasteiger partial charge in [-0.1, -0.05) is 6.08 Å². The molecule has 3 aromatic rings. The SMILES string of the molecule is Cc1cc(NC(=O)c2cnn(-c3ccc(C(F)(F)F)c(C)n3)c2C)cnc1C1=CCC(N2CCOCC2)CC1. The molecule has 39 heavy (non-hydrogen) atoms. The van der Waals surface area contributed by atoms with Crippen LogP contribution in [0.1, 0.15) is 57.8 Å². The molecule has 1 N–H and O–H groups in total. The first-order valence-electron chi connectivity index (χ1n) is 13.0. The van der Waals surface area contributed by atoms with E-state index in [2.05, 4.69) is 31.4 Å². The third-order valence-corrected chi connectivity index (χ3v) is 7.43. The summed E-state index contributed by atoms with van der Waals surface area (Å²) in [6.07, 6.45) is 3.86. The average Bonchev–Trinajstić information content (AvgIpc) is 3.30. The number of aryl methyl sites for hydroxylation is 2. The zero-order valence-electron chi connectivity index (χ0n) is 22.2. The van der Waals surface area contributed by atoms with Crippen molar-refractivity contribution >= 4 is 17.2 Å². The van der Waals surface area contributed by atoms with Gasteiger partial charge >= 0.3 is 6.18 Å². The molecule has 1 fully saturated rings. The van der Waals surface area contributed by atoms with Gasteiger partial charge in [0.1, 0.15) is 0 Å². The zero-order chi connectivity index (χ0) is 27.7. The van der Waals surface area contributed by atoms with E-state index in [9.17, 15) is 18.0 Å². The van der Waals surface area contributed by atoms with E-state index in [4.69, 9.17) is 4.74 Å². The Morgan fingerprint density at radius 1 is 1.13 bits per heavy atom. The monoisotopic (exact) mass is 540 g/mol. The van der Waals surface area contributed by atoms with Gasteiger partial charge in [0.25, 0.3) is 5.91 Å². The number of hydrogen-bond donors (Lipinski definition) is 1. The summed E-state index contributed by atoms with van der Waals surface area (Å²) in [5, 5.41) is 7.06. The summed E-state index contributed by atoms with van der Waals surface area (Å²) >= 11 is 0. The number of aromatic nitrogens is 4. The van der Waals surface area contributed by atoms with Crippen LogP contribution in [-0.4, -0.2) is 62.9 Å². The van der Waals surface area contributed by atoms with Gasteiger partial charge in [0.15, 0.2) is 5.82 Å². The Morgan fingerprint density at radius 2 is 1.90 bits per heavy atom. The topological polar surface area (TPSA) is 85.2 Å². The molecule has 0 bridgehead atoms. The van der Waals surface area contributed by atoms with Crippen molar-refractivity contribution in [3.63, 3.8) is 0 Å². The standard InChI is InChI=1S/C28H31F3N6O2/c1-17-14-21(15-32-26(17)20-4-6-22(7-5-20)36-10-12-39-13-11-36)35-27(38)23-16-33-37(19(23)3)25-9-8-24(18(2)34-25)28(29,30)31/h4,8-9,14-16,22H,5-7,10-13H2,1-3H3,(H,35,38). The molecular weight excluding hydrogens is 509 g/mol. The van der Waals surface area contributed by atoms with Crippen LogP contribution in [0.25, 0.3) is 11.4 Å². The van der Waals surface area contributed by atoms with E-state index in [1.807, 2.05) is 13.0 Å². The number of halogens is 3. The van der Waals surface area contributed by atoms with Crippen LogP contribution in [0.3, 0.4) is 0 Å². The third kappa shape index (κ3) is 5.74. The number of ether oxygens (including phenoxy) is 1. The van der Waals surface area contributed by atoms with Crippen molar-refractivity contribution in [2.75, 3.05) is 31.6 Å². The second-order valence-corrected chi connectivity index (χ2v) is 10.0. The van der Waals surface area contributed by atoms with Crippen molar-refractivity contribution in [3.05, 3.63) is 70.4 Å². The van der Waals surface area contributed by atoms with E-state index in [1.165, 1.54) is 29.4 Å². The molecule has 1 aliphatic carbocycles. The molecule has 1 amide bonds. The van der Waals surface area contributed by atoms with Gasteiger partial charge in [0, 0.05) is 19.1 Å². The number of rotatable bonds is 5. The third-order valence-electron chi connectivity index (χ3n) is 7.43. The fourth-order valence-electron chi connectivity index (χ4n) is 5.32. The van der Waals surface area contributed by atoms with Crippen molar-refractivity contribution in [1.29, 1.82) is 0 Å². The van der Waals surface area contributed by atoms with Gasteiger partial charge in [-0.2, -0.15) is 18.3 Å². The van der Waals surface area contributed by atoms with Gasteiger partial charge in [-0.05, 0) is 69.4 Å². The molecule has 1 unspecified atom stereocenters. The zero-order valence-corrected chi connectivity index (χ0v) is 22.2. The highest BCUT2D eigenvalue weighted by Crippen LogP contribution is 2.32. The minimum Gasteiger partial charge on any atom is -0.379 e. The molecule has 0 spiro atoms. The second-order valence-electron chi connectivity index (χ2n) is 10.0. The lowest BCUT2D eigenvalue weighted by Gasteiger charge is -2.36. The lowest BCUT2D eigenvalue weighted by Crippen LogP contribution is -2.43. The maximum Gasteiger partial charge on any atom is 0.418 e. The number of hydrogen-bond acceptors (Lipinski definition) is 6. The highest BCUT2D eigenvalue weighted by molar-refractivity contribution is 6.05. The molecule has 11 heteroatoms. The Balaban J connectivity index is 1.27. The number of amides is 1. The fraction of sp³-hybridized carbons (Fsp3) is 0.429. The number of alkyl halides is 3. The first kappa shape index (κ1) is 27.0. The van der Waals surface area contributed by atoms with Crippen LogP contribution in [0.4, 0.5) is 18.9 Å². The van der Waals surface area contributed by atoms with E-state index in [1.54, 1.807) is 13.1 Å². The molecular formula is C28H31F3N6O2. The highest BCUT2D eigenvalue weighted by Gasteiger charge is 2.33. The molecule has 1 atom stereocenters. The van der Waals surface area contributed by atoms with Crippen molar-refractivity contribution < 1.29 is 22.7 Å². The molecule has 1 saturated heterocycles. The first-order chi connectivity index (χ1) is 18.6. The summed E-state index contributed by atoms with van der Waals surface area (Å²) in [7, 11) is 0. The fourth-order valence-corrected chi connectivity index (χ4v) is 5.32. The van der Waals surface area contributed by atoms with Crippen LogP contribution in [0.5, 0.6) is 0 Å². The summed E-state index contributed by atoms with van der Waals surface area (Å²) in [4.78, 5) is 24.2. The molecule has 0 radical (unpaired) electrons. The van der Waals surface area contributed by atoms with Crippen LogP contribution in [-0.2, 0) is 10.9 Å². The predicted molar refractivity (Wildman–Crippen MR) is 141 cm³/mol. The lowest BCUT2D eigenvalue weighted by atomic mass is 9.90. The maximum absolute atomic E-state index is 13.1. The van der Waals surface area contributed by atoms with Crippen molar-refractivity contribution in [1.82, 2.24) is 24.6 Å². The molecule has 8 nitrogen and oxygen atoms in total. The Labute approximate surface area is 224 Å². The van der Waals surface area contributed by atoms with E-state index in [0.29, 0.717) is 23.0 Å². The number of nitrogens with one attached hydrogen (secondary N) is 1. The quantitative estimate of drug-likeness (QED) is 0.483. The predicted octanol–water partition coefficient (Wildman–Crippen LogP) is 5.13. The Hall–Kier alpha value is -3.57. The molecule has 2 aliphatic rings. The Morgan fingerprint density at radius 3 is 2.54 bits per heavy atom. The average molecular weight is 541 g/mol. The molecule has 0 saturated carbocycles. The number of carbonyl (C=O) groups is 1. The Bertz CT molecular complexity index is 1410. The molecule has 206 valence electrons. The summed E-state index contributed by atoms with van der Waals surface area (Å²) in [5.74, 6) is -0.183. The van der Waals surface area contributed by atoms with Crippen LogP contribution < -0.4 is 5.32 Å². The lowest BCUT2D eigenvalue weighted by molar-refractivity contribution is -0.138. The van der Waals surface area contributed by atoms with Gasteiger partial charge in [-0.15, -0.1) is 0 Å². The van der Waals surface area contributed by atoms with Crippen LogP contribution >= 0.6 is 0 Å². The minimum absolute atomic E-state index is 0.160.